The number of benzene rings is 2. The summed E-state index contributed by atoms with van der Waals surface area (Å²) in [5, 5.41) is 3.94. The molecule has 1 aromatic heterocycles. The summed E-state index contributed by atoms with van der Waals surface area (Å²) in [6.45, 7) is 1.98. The molecular formula is C18H17BrN2O2. The van der Waals surface area contributed by atoms with Gasteiger partial charge in [-0.25, -0.2) is 0 Å². The van der Waals surface area contributed by atoms with E-state index in [1.165, 1.54) is 0 Å². The first-order chi connectivity index (χ1) is 11.1. The molecule has 0 aliphatic carbocycles. The Labute approximate surface area is 143 Å². The first kappa shape index (κ1) is 15.6. The van der Waals surface area contributed by atoms with Crippen LogP contribution in [0.25, 0.3) is 10.9 Å². The van der Waals surface area contributed by atoms with Crippen molar-refractivity contribution in [3.63, 3.8) is 0 Å². The number of carbonyl (C=O) groups excluding carboxylic acids is 1. The first-order valence-electron chi connectivity index (χ1n) is 7.27. The Balaban J connectivity index is 1.84. The Kier molecular flexibility index (Phi) is 4.39. The SMILES string of the molecule is COc1ccc2[nH]c(C)c(CC(=O)Nc3ccc(Br)cc3)c2c1. The number of carbonyl (C=O) groups is 1. The van der Waals surface area contributed by atoms with Crippen molar-refractivity contribution in [2.24, 2.45) is 0 Å². The van der Waals surface area contributed by atoms with Crippen LogP contribution < -0.4 is 10.1 Å². The third kappa shape index (κ3) is 3.40. The van der Waals surface area contributed by atoms with E-state index >= 15 is 0 Å². The molecule has 0 unspecified atom stereocenters. The molecule has 0 spiro atoms. The van der Waals surface area contributed by atoms with Gasteiger partial charge < -0.3 is 15.0 Å². The van der Waals surface area contributed by atoms with Gasteiger partial charge in [-0.15, -0.1) is 0 Å². The standard InChI is InChI=1S/C18H17BrN2O2/c1-11-15(16-9-14(23-2)7-8-17(16)20-11)10-18(22)21-13-5-3-12(19)4-6-13/h3-9,20H,10H2,1-2H3,(H,21,22). The molecule has 0 bridgehead atoms. The van der Waals surface area contributed by atoms with Crippen LogP contribution in [0.2, 0.25) is 0 Å². The molecule has 23 heavy (non-hydrogen) atoms. The van der Waals surface area contributed by atoms with Crippen LogP contribution in [0.1, 0.15) is 11.3 Å². The highest BCUT2D eigenvalue weighted by Crippen LogP contribution is 2.27. The van der Waals surface area contributed by atoms with E-state index in [4.69, 9.17) is 4.74 Å². The van der Waals surface area contributed by atoms with E-state index in [9.17, 15) is 4.79 Å². The Hall–Kier alpha value is -2.27. The summed E-state index contributed by atoms with van der Waals surface area (Å²) in [5.41, 5.74) is 3.79. The fourth-order valence-electron chi connectivity index (χ4n) is 2.62. The minimum atomic E-state index is -0.0425. The topological polar surface area (TPSA) is 54.1 Å². The summed E-state index contributed by atoms with van der Waals surface area (Å²) in [5.74, 6) is 0.741. The third-order valence-corrected chi connectivity index (χ3v) is 4.32. The van der Waals surface area contributed by atoms with E-state index < -0.39 is 0 Å². The molecule has 0 aliphatic rings. The lowest BCUT2D eigenvalue weighted by Crippen LogP contribution is -2.14. The van der Waals surface area contributed by atoms with Gasteiger partial charge in [-0.2, -0.15) is 0 Å². The highest BCUT2D eigenvalue weighted by molar-refractivity contribution is 9.10. The smallest absolute Gasteiger partial charge is 0.228 e. The summed E-state index contributed by atoms with van der Waals surface area (Å²) in [6, 6.07) is 13.4. The van der Waals surface area contributed by atoms with Crippen LogP contribution in [-0.4, -0.2) is 18.0 Å². The minimum Gasteiger partial charge on any atom is -0.497 e. The summed E-state index contributed by atoms with van der Waals surface area (Å²) in [6.07, 6.45) is 0.315. The lowest BCUT2D eigenvalue weighted by Gasteiger charge is -2.06. The van der Waals surface area contributed by atoms with Gasteiger partial charge in [0.25, 0.3) is 0 Å². The summed E-state index contributed by atoms with van der Waals surface area (Å²) in [7, 11) is 1.64. The molecule has 5 heteroatoms. The normalized spacial score (nSPS) is 10.7. The number of aromatic amines is 1. The van der Waals surface area contributed by atoms with Crippen molar-refractivity contribution in [1.82, 2.24) is 4.98 Å². The van der Waals surface area contributed by atoms with Gasteiger partial charge in [-0.1, -0.05) is 15.9 Å². The van der Waals surface area contributed by atoms with Crippen molar-refractivity contribution >= 4 is 38.4 Å². The van der Waals surface area contributed by atoms with Crippen LogP contribution in [0, 0.1) is 6.92 Å². The van der Waals surface area contributed by atoms with E-state index in [0.29, 0.717) is 6.42 Å². The number of fused-ring (bicyclic) bond motifs is 1. The molecule has 3 rings (SSSR count). The van der Waals surface area contributed by atoms with Gasteiger partial charge in [-0.3, -0.25) is 4.79 Å². The average Bonchev–Trinajstić information content (AvgIpc) is 2.84. The fourth-order valence-corrected chi connectivity index (χ4v) is 2.88. The molecule has 2 aromatic carbocycles. The van der Waals surface area contributed by atoms with Gasteiger partial charge in [0.05, 0.1) is 13.5 Å². The predicted molar refractivity (Wildman–Crippen MR) is 96.1 cm³/mol. The quantitative estimate of drug-likeness (QED) is 0.711. The van der Waals surface area contributed by atoms with Gasteiger partial charge in [0.15, 0.2) is 0 Å². The van der Waals surface area contributed by atoms with Crippen LogP contribution in [0.3, 0.4) is 0 Å². The number of aryl methyl sites for hydroxylation is 1. The van der Waals surface area contributed by atoms with E-state index in [-0.39, 0.29) is 5.91 Å². The average molecular weight is 373 g/mol. The van der Waals surface area contributed by atoms with E-state index in [0.717, 1.165) is 38.1 Å². The molecule has 0 aliphatic heterocycles. The van der Waals surface area contributed by atoms with Gasteiger partial charge in [0.1, 0.15) is 5.75 Å². The van der Waals surface area contributed by atoms with Gasteiger partial charge in [0, 0.05) is 26.8 Å². The number of aromatic nitrogens is 1. The van der Waals surface area contributed by atoms with E-state index in [1.54, 1.807) is 7.11 Å². The minimum absolute atomic E-state index is 0.0425. The maximum Gasteiger partial charge on any atom is 0.228 e. The third-order valence-electron chi connectivity index (χ3n) is 3.79. The predicted octanol–water partition coefficient (Wildman–Crippen LogP) is 4.43. The van der Waals surface area contributed by atoms with Gasteiger partial charge in [0.2, 0.25) is 5.91 Å². The molecule has 1 heterocycles. The second-order valence-electron chi connectivity index (χ2n) is 5.37. The van der Waals surface area contributed by atoms with Crippen LogP contribution in [0.15, 0.2) is 46.9 Å². The molecule has 2 N–H and O–H groups in total. The highest BCUT2D eigenvalue weighted by atomic mass is 79.9. The maximum atomic E-state index is 12.3. The number of methoxy groups -OCH3 is 1. The van der Waals surface area contributed by atoms with Crippen molar-refractivity contribution in [3.8, 4) is 5.75 Å². The number of rotatable bonds is 4. The number of amides is 1. The Morgan fingerprint density at radius 2 is 1.96 bits per heavy atom. The maximum absolute atomic E-state index is 12.3. The number of halogens is 1. The largest absolute Gasteiger partial charge is 0.497 e. The molecule has 0 atom stereocenters. The molecule has 0 saturated heterocycles. The zero-order valence-electron chi connectivity index (χ0n) is 12.9. The Morgan fingerprint density at radius 3 is 2.65 bits per heavy atom. The Morgan fingerprint density at radius 1 is 1.22 bits per heavy atom. The first-order valence-corrected chi connectivity index (χ1v) is 8.06. The van der Waals surface area contributed by atoms with Crippen LogP contribution in [0.5, 0.6) is 5.75 Å². The second-order valence-corrected chi connectivity index (χ2v) is 6.29. The molecule has 0 fully saturated rings. The van der Waals surface area contributed by atoms with Gasteiger partial charge >= 0.3 is 0 Å². The van der Waals surface area contributed by atoms with Crippen molar-refractivity contribution in [2.45, 2.75) is 13.3 Å². The van der Waals surface area contributed by atoms with Crippen LogP contribution in [0.4, 0.5) is 5.69 Å². The number of H-pyrrole nitrogens is 1. The van der Waals surface area contributed by atoms with Gasteiger partial charge in [-0.05, 0) is 55.0 Å². The summed E-state index contributed by atoms with van der Waals surface area (Å²) < 4.78 is 6.26. The number of hydrogen-bond acceptors (Lipinski definition) is 2. The number of hydrogen-bond donors (Lipinski definition) is 2. The zero-order valence-corrected chi connectivity index (χ0v) is 14.5. The van der Waals surface area contributed by atoms with Crippen LogP contribution >= 0.6 is 15.9 Å². The van der Waals surface area contributed by atoms with Crippen LogP contribution in [-0.2, 0) is 11.2 Å². The molecule has 1 amide bonds. The van der Waals surface area contributed by atoms with E-state index in [1.807, 2.05) is 49.4 Å². The van der Waals surface area contributed by atoms with Crippen molar-refractivity contribution in [1.29, 1.82) is 0 Å². The molecule has 118 valence electrons. The number of anilines is 1. The highest BCUT2D eigenvalue weighted by Gasteiger charge is 2.13. The van der Waals surface area contributed by atoms with Crippen molar-refractivity contribution in [2.75, 3.05) is 12.4 Å². The molecule has 0 saturated carbocycles. The van der Waals surface area contributed by atoms with Crippen molar-refractivity contribution < 1.29 is 9.53 Å². The second kappa shape index (κ2) is 6.46. The monoisotopic (exact) mass is 372 g/mol. The van der Waals surface area contributed by atoms with E-state index in [2.05, 4.69) is 26.2 Å². The molecule has 4 nitrogen and oxygen atoms in total. The summed E-state index contributed by atoms with van der Waals surface area (Å²) in [4.78, 5) is 15.7. The number of ether oxygens (including phenoxy) is 1. The number of nitrogens with one attached hydrogen (secondary N) is 2. The lowest BCUT2D eigenvalue weighted by molar-refractivity contribution is -0.115. The molecule has 3 aromatic rings. The molecule has 0 radical (unpaired) electrons. The van der Waals surface area contributed by atoms with Crippen molar-refractivity contribution in [3.05, 3.63) is 58.2 Å². The fraction of sp³-hybridized carbons (Fsp3) is 0.167. The lowest BCUT2D eigenvalue weighted by atomic mass is 10.1. The Bertz CT molecular complexity index is 853. The summed E-state index contributed by atoms with van der Waals surface area (Å²) >= 11 is 3.38. The zero-order chi connectivity index (χ0) is 16.4. The molecular weight excluding hydrogens is 356 g/mol.